The first-order valence-corrected chi connectivity index (χ1v) is 9.80. The molecule has 1 aliphatic rings. The quantitative estimate of drug-likeness (QED) is 0.230. The summed E-state index contributed by atoms with van der Waals surface area (Å²) in [6, 6.07) is 8.02. The van der Waals surface area contributed by atoms with E-state index in [-0.39, 0.29) is 35.8 Å². The van der Waals surface area contributed by atoms with Gasteiger partial charge in [0.1, 0.15) is 0 Å². The van der Waals surface area contributed by atoms with E-state index in [1.165, 1.54) is 18.4 Å². The molecule has 0 bridgehead atoms. The van der Waals surface area contributed by atoms with Crippen molar-refractivity contribution in [3.63, 3.8) is 0 Å². The maximum absolute atomic E-state index is 11.9. The lowest BCUT2D eigenvalue weighted by Crippen LogP contribution is -2.38. The van der Waals surface area contributed by atoms with E-state index < -0.39 is 0 Å². The number of halogens is 1. The van der Waals surface area contributed by atoms with Crippen LogP contribution in [0.15, 0.2) is 29.3 Å². The summed E-state index contributed by atoms with van der Waals surface area (Å²) in [5.41, 5.74) is 2.49. The number of guanidine groups is 1. The summed E-state index contributed by atoms with van der Waals surface area (Å²) in [6.07, 6.45) is 4.07. The SMILES string of the molecule is CCNC(=NCC1CC(=O)Nc2ccccc21)NCCCCC(C)(C)C.I. The number of hydrogen-bond donors (Lipinski definition) is 3. The molecule has 1 unspecified atom stereocenters. The minimum atomic E-state index is 0. The Labute approximate surface area is 181 Å². The number of para-hydroxylation sites is 1. The third kappa shape index (κ3) is 8.49. The van der Waals surface area contributed by atoms with E-state index in [9.17, 15) is 4.79 Å². The van der Waals surface area contributed by atoms with E-state index in [0.717, 1.165) is 31.2 Å². The van der Waals surface area contributed by atoms with Gasteiger partial charge in [-0.2, -0.15) is 0 Å². The van der Waals surface area contributed by atoms with E-state index >= 15 is 0 Å². The van der Waals surface area contributed by atoms with Crippen molar-refractivity contribution in [3.8, 4) is 0 Å². The molecule has 0 aliphatic carbocycles. The second kappa shape index (κ2) is 11.5. The molecule has 0 aromatic heterocycles. The van der Waals surface area contributed by atoms with Gasteiger partial charge in [-0.1, -0.05) is 45.4 Å². The Kier molecular flexibility index (Phi) is 10.1. The fourth-order valence-electron chi connectivity index (χ4n) is 3.20. The molecule has 0 radical (unpaired) electrons. The van der Waals surface area contributed by atoms with E-state index in [2.05, 4.69) is 49.7 Å². The lowest BCUT2D eigenvalue weighted by molar-refractivity contribution is -0.116. The molecule has 1 aliphatic heterocycles. The molecule has 6 heteroatoms. The molecule has 152 valence electrons. The minimum absolute atomic E-state index is 0. The van der Waals surface area contributed by atoms with Gasteiger partial charge in [-0.3, -0.25) is 9.79 Å². The van der Waals surface area contributed by atoms with Crippen molar-refractivity contribution < 1.29 is 4.79 Å². The molecular formula is C21H35IN4O. The summed E-state index contributed by atoms with van der Waals surface area (Å²) >= 11 is 0. The predicted molar refractivity (Wildman–Crippen MR) is 125 cm³/mol. The molecule has 1 amide bonds. The van der Waals surface area contributed by atoms with Crippen molar-refractivity contribution in [2.75, 3.05) is 25.0 Å². The third-order valence-corrected chi connectivity index (χ3v) is 4.57. The summed E-state index contributed by atoms with van der Waals surface area (Å²) < 4.78 is 0. The number of carbonyl (C=O) groups excluding carboxylic acids is 1. The Hall–Kier alpha value is -1.31. The summed E-state index contributed by atoms with van der Waals surface area (Å²) in [6.45, 7) is 11.3. The number of nitrogens with one attached hydrogen (secondary N) is 3. The zero-order chi connectivity index (χ0) is 19.0. The van der Waals surface area contributed by atoms with E-state index in [0.29, 0.717) is 18.4 Å². The zero-order valence-corrected chi connectivity index (χ0v) is 19.4. The topological polar surface area (TPSA) is 65.5 Å². The maximum atomic E-state index is 11.9. The van der Waals surface area contributed by atoms with Crippen LogP contribution in [0.1, 0.15) is 64.9 Å². The van der Waals surface area contributed by atoms with Crippen LogP contribution < -0.4 is 16.0 Å². The Morgan fingerprint density at radius 2 is 1.96 bits per heavy atom. The van der Waals surface area contributed by atoms with E-state index in [4.69, 9.17) is 4.99 Å². The van der Waals surface area contributed by atoms with Crippen molar-refractivity contribution in [1.82, 2.24) is 10.6 Å². The van der Waals surface area contributed by atoms with Crippen LogP contribution in [0.3, 0.4) is 0 Å². The highest BCUT2D eigenvalue weighted by atomic mass is 127. The number of unbranched alkanes of at least 4 members (excludes halogenated alkanes) is 1. The zero-order valence-electron chi connectivity index (χ0n) is 17.1. The van der Waals surface area contributed by atoms with Gasteiger partial charge in [0.05, 0.1) is 6.54 Å². The molecule has 0 saturated heterocycles. The highest BCUT2D eigenvalue weighted by Crippen LogP contribution is 2.31. The molecule has 2 rings (SSSR count). The van der Waals surface area contributed by atoms with Crippen LogP contribution >= 0.6 is 24.0 Å². The smallest absolute Gasteiger partial charge is 0.225 e. The fourth-order valence-corrected chi connectivity index (χ4v) is 3.20. The van der Waals surface area contributed by atoms with Gasteiger partial charge >= 0.3 is 0 Å². The normalized spacial score (nSPS) is 16.8. The van der Waals surface area contributed by atoms with Gasteiger partial charge in [0.25, 0.3) is 0 Å². The van der Waals surface area contributed by atoms with Crippen molar-refractivity contribution in [1.29, 1.82) is 0 Å². The molecule has 1 atom stereocenters. The number of benzene rings is 1. The summed E-state index contributed by atoms with van der Waals surface area (Å²) in [5, 5.41) is 9.67. The lowest BCUT2D eigenvalue weighted by atomic mass is 9.90. The van der Waals surface area contributed by atoms with Gasteiger partial charge in [0.2, 0.25) is 5.91 Å². The Morgan fingerprint density at radius 1 is 1.22 bits per heavy atom. The minimum Gasteiger partial charge on any atom is -0.357 e. The van der Waals surface area contributed by atoms with Crippen molar-refractivity contribution in [2.45, 2.75) is 59.3 Å². The molecule has 0 fully saturated rings. The van der Waals surface area contributed by atoms with Crippen molar-refractivity contribution in [3.05, 3.63) is 29.8 Å². The largest absolute Gasteiger partial charge is 0.357 e. The number of carbonyl (C=O) groups is 1. The molecule has 3 N–H and O–H groups in total. The van der Waals surface area contributed by atoms with Gasteiger partial charge in [-0.05, 0) is 36.8 Å². The average Bonchev–Trinajstić information content (AvgIpc) is 2.57. The number of rotatable bonds is 7. The third-order valence-electron chi connectivity index (χ3n) is 4.57. The first-order valence-electron chi connectivity index (χ1n) is 9.80. The van der Waals surface area contributed by atoms with Gasteiger partial charge in [0, 0.05) is 31.1 Å². The number of nitrogens with zero attached hydrogens (tertiary/aromatic N) is 1. The number of fused-ring (bicyclic) bond motifs is 1. The van der Waals surface area contributed by atoms with Crippen molar-refractivity contribution >= 4 is 41.5 Å². The van der Waals surface area contributed by atoms with Gasteiger partial charge in [-0.15, -0.1) is 24.0 Å². The highest BCUT2D eigenvalue weighted by Gasteiger charge is 2.24. The van der Waals surface area contributed by atoms with E-state index in [1.807, 2.05) is 18.2 Å². The Bertz CT molecular complexity index is 625. The second-order valence-electron chi connectivity index (χ2n) is 8.20. The van der Waals surface area contributed by atoms with Crippen LogP contribution in [0.2, 0.25) is 0 Å². The summed E-state index contributed by atoms with van der Waals surface area (Å²) in [5.74, 6) is 1.05. The standard InChI is InChI=1S/C21H34N4O.HI/c1-5-22-20(23-13-9-8-12-21(2,3)4)24-15-16-14-19(26)25-18-11-7-6-10-17(16)18;/h6-7,10-11,16H,5,8-9,12-15H2,1-4H3,(H,25,26)(H2,22,23,24);1H. The number of aliphatic imine (C=N–C) groups is 1. The monoisotopic (exact) mass is 486 g/mol. The lowest BCUT2D eigenvalue weighted by Gasteiger charge is -2.24. The Balaban J connectivity index is 0.00000364. The second-order valence-corrected chi connectivity index (χ2v) is 8.20. The molecule has 27 heavy (non-hydrogen) atoms. The predicted octanol–water partition coefficient (Wildman–Crippen LogP) is 4.50. The van der Waals surface area contributed by atoms with Gasteiger partial charge < -0.3 is 16.0 Å². The Morgan fingerprint density at radius 3 is 2.67 bits per heavy atom. The molecule has 5 nitrogen and oxygen atoms in total. The molecule has 0 saturated carbocycles. The molecule has 1 aromatic rings. The molecule has 0 spiro atoms. The summed E-state index contributed by atoms with van der Waals surface area (Å²) in [7, 11) is 0. The number of amides is 1. The highest BCUT2D eigenvalue weighted by molar-refractivity contribution is 14.0. The van der Waals surface area contributed by atoms with Crippen LogP contribution in [0.4, 0.5) is 5.69 Å². The van der Waals surface area contributed by atoms with Crippen LogP contribution in [0.5, 0.6) is 0 Å². The van der Waals surface area contributed by atoms with E-state index in [1.54, 1.807) is 0 Å². The number of anilines is 1. The first kappa shape index (κ1) is 23.7. The fraction of sp³-hybridized carbons (Fsp3) is 0.619. The molecule has 1 aromatic carbocycles. The summed E-state index contributed by atoms with van der Waals surface area (Å²) in [4.78, 5) is 16.7. The van der Waals surface area contributed by atoms with Crippen molar-refractivity contribution in [2.24, 2.45) is 10.4 Å². The van der Waals surface area contributed by atoms with Gasteiger partial charge in [-0.25, -0.2) is 0 Å². The van der Waals surface area contributed by atoms with Crippen LogP contribution in [-0.4, -0.2) is 31.5 Å². The number of hydrogen-bond acceptors (Lipinski definition) is 2. The van der Waals surface area contributed by atoms with Gasteiger partial charge in [0.15, 0.2) is 5.96 Å². The average molecular weight is 486 g/mol. The van der Waals surface area contributed by atoms with Crippen LogP contribution in [0, 0.1) is 5.41 Å². The van der Waals surface area contributed by atoms with Crippen LogP contribution in [0.25, 0.3) is 0 Å². The van der Waals surface area contributed by atoms with Crippen LogP contribution in [-0.2, 0) is 4.79 Å². The molecular weight excluding hydrogens is 451 g/mol. The maximum Gasteiger partial charge on any atom is 0.225 e. The first-order chi connectivity index (χ1) is 12.4. The molecule has 1 heterocycles.